The van der Waals surface area contributed by atoms with Crippen molar-refractivity contribution >= 4 is 22.2 Å². The number of nitrogens with zero attached hydrogens (tertiary/aromatic N) is 2. The minimum absolute atomic E-state index is 0.0566. The van der Waals surface area contributed by atoms with Gasteiger partial charge >= 0.3 is 0 Å². The summed E-state index contributed by atoms with van der Waals surface area (Å²) in [5, 5.41) is 4.18. The van der Waals surface area contributed by atoms with Crippen LogP contribution in [0.25, 0.3) is 0 Å². The van der Waals surface area contributed by atoms with Crippen LogP contribution in [0, 0.1) is 19.8 Å². The van der Waals surface area contributed by atoms with Gasteiger partial charge < -0.3 is 5.32 Å². The summed E-state index contributed by atoms with van der Waals surface area (Å²) in [6.07, 6.45) is 6.14. The Hall–Kier alpha value is -2.50. The van der Waals surface area contributed by atoms with Gasteiger partial charge in [0.15, 0.2) is 0 Å². The quantitative estimate of drug-likeness (QED) is 0.566. The molecule has 4 nitrogen and oxygen atoms in total. The van der Waals surface area contributed by atoms with E-state index in [4.69, 9.17) is 0 Å². The summed E-state index contributed by atoms with van der Waals surface area (Å²) in [6.45, 7) is 8.79. The van der Waals surface area contributed by atoms with E-state index in [9.17, 15) is 4.79 Å². The van der Waals surface area contributed by atoms with Gasteiger partial charge in [-0.05, 0) is 81.1 Å². The summed E-state index contributed by atoms with van der Waals surface area (Å²) in [7, 11) is 0. The fourth-order valence-corrected chi connectivity index (χ4v) is 5.31. The molecule has 0 aliphatic carbocycles. The first-order valence-corrected chi connectivity index (χ1v) is 11.5. The number of carbonyl (C=O) groups excluding carboxylic acids is 1. The molecule has 1 aromatic carbocycles. The van der Waals surface area contributed by atoms with Gasteiger partial charge in [0.05, 0.1) is 6.04 Å². The van der Waals surface area contributed by atoms with Gasteiger partial charge in [-0.3, -0.25) is 14.7 Å². The molecular formula is C25H29N3OS. The Kier molecular flexibility index (Phi) is 6.30. The zero-order chi connectivity index (χ0) is 21.1. The molecule has 0 saturated carbocycles. The monoisotopic (exact) mass is 419 g/mol. The molecule has 1 aliphatic rings. The van der Waals surface area contributed by atoms with Crippen LogP contribution in [0.15, 0.2) is 54.9 Å². The van der Waals surface area contributed by atoms with Crippen molar-refractivity contribution in [3.8, 4) is 0 Å². The first-order valence-electron chi connectivity index (χ1n) is 10.6. The van der Waals surface area contributed by atoms with Gasteiger partial charge in [-0.2, -0.15) is 0 Å². The number of nitrogens with one attached hydrogen (secondary N) is 1. The highest BCUT2D eigenvalue weighted by molar-refractivity contribution is 7.16. The Morgan fingerprint density at radius 2 is 1.77 bits per heavy atom. The van der Waals surface area contributed by atoms with Crippen molar-refractivity contribution in [2.45, 2.75) is 39.7 Å². The van der Waals surface area contributed by atoms with Gasteiger partial charge in [0.25, 0.3) is 5.91 Å². The first kappa shape index (κ1) is 20.8. The van der Waals surface area contributed by atoms with Crippen LogP contribution in [-0.2, 0) is 0 Å². The van der Waals surface area contributed by atoms with E-state index < -0.39 is 0 Å². The fourth-order valence-electron chi connectivity index (χ4n) is 4.22. The van der Waals surface area contributed by atoms with Crippen molar-refractivity contribution in [3.63, 3.8) is 0 Å². The van der Waals surface area contributed by atoms with Crippen molar-refractivity contribution in [2.75, 3.05) is 18.4 Å². The summed E-state index contributed by atoms with van der Waals surface area (Å²) in [4.78, 5) is 21.0. The van der Waals surface area contributed by atoms with Crippen LogP contribution in [0.3, 0.4) is 0 Å². The molecule has 30 heavy (non-hydrogen) atoms. The molecule has 0 radical (unpaired) electrons. The lowest BCUT2D eigenvalue weighted by atomic mass is 9.91. The van der Waals surface area contributed by atoms with Crippen LogP contribution in [0.5, 0.6) is 0 Å². The number of rotatable bonds is 5. The summed E-state index contributed by atoms with van der Waals surface area (Å²) in [6, 6.07) is 13.8. The van der Waals surface area contributed by atoms with E-state index in [1.54, 1.807) is 11.3 Å². The van der Waals surface area contributed by atoms with Gasteiger partial charge in [0, 0.05) is 28.4 Å². The Morgan fingerprint density at radius 1 is 1.10 bits per heavy atom. The van der Waals surface area contributed by atoms with Crippen molar-refractivity contribution in [1.29, 1.82) is 0 Å². The normalized spacial score (nSPS) is 16.4. The van der Waals surface area contributed by atoms with Crippen molar-refractivity contribution in [1.82, 2.24) is 9.88 Å². The summed E-state index contributed by atoms with van der Waals surface area (Å²) < 4.78 is 0. The number of carbonyl (C=O) groups is 1. The van der Waals surface area contributed by atoms with Gasteiger partial charge in [0.1, 0.15) is 5.00 Å². The largest absolute Gasteiger partial charge is 0.313 e. The van der Waals surface area contributed by atoms with Gasteiger partial charge in [-0.15, -0.1) is 11.3 Å². The van der Waals surface area contributed by atoms with E-state index in [1.165, 1.54) is 34.4 Å². The van der Waals surface area contributed by atoms with E-state index in [2.05, 4.69) is 48.1 Å². The molecule has 4 rings (SSSR count). The van der Waals surface area contributed by atoms with Crippen LogP contribution in [0.2, 0.25) is 0 Å². The van der Waals surface area contributed by atoms with Crippen molar-refractivity contribution in [2.24, 2.45) is 5.92 Å². The minimum atomic E-state index is -0.0566. The van der Waals surface area contributed by atoms with E-state index in [-0.39, 0.29) is 11.9 Å². The highest BCUT2D eigenvalue weighted by Crippen LogP contribution is 2.43. The summed E-state index contributed by atoms with van der Waals surface area (Å²) >= 11 is 1.68. The van der Waals surface area contributed by atoms with Crippen LogP contribution in [0.1, 0.15) is 57.7 Å². The standard InChI is InChI=1S/C25H29N3OS/c1-17-11-15-28(16-12-17)23(20-9-13-26-14-10-20)22-18(2)19(3)30-25(22)27-24(29)21-7-5-4-6-8-21/h4-10,13-14,17,23H,11-12,15-16H2,1-3H3,(H,27,29)/t23-/m0/s1. The predicted octanol–water partition coefficient (Wildman–Crippen LogP) is 5.83. The number of thiophene rings is 1. The number of aromatic nitrogens is 1. The molecule has 1 N–H and O–H groups in total. The lowest BCUT2D eigenvalue weighted by molar-refractivity contribution is 0.102. The lowest BCUT2D eigenvalue weighted by Gasteiger charge is -2.37. The third kappa shape index (κ3) is 4.32. The molecule has 1 fully saturated rings. The van der Waals surface area contributed by atoms with Crippen LogP contribution in [-0.4, -0.2) is 28.9 Å². The molecule has 3 aromatic rings. The second-order valence-corrected chi connectivity index (χ2v) is 9.47. The average Bonchev–Trinajstić information content (AvgIpc) is 3.04. The molecule has 1 saturated heterocycles. The molecule has 3 heterocycles. The van der Waals surface area contributed by atoms with Gasteiger partial charge in [-0.1, -0.05) is 25.1 Å². The van der Waals surface area contributed by atoms with Crippen molar-refractivity contribution in [3.05, 3.63) is 82.0 Å². The number of aryl methyl sites for hydroxylation is 1. The topological polar surface area (TPSA) is 45.2 Å². The third-order valence-corrected chi connectivity index (χ3v) is 7.31. The number of anilines is 1. The molecular weight excluding hydrogens is 390 g/mol. The van der Waals surface area contributed by atoms with Gasteiger partial charge in [0.2, 0.25) is 0 Å². The molecule has 0 spiro atoms. The average molecular weight is 420 g/mol. The maximum absolute atomic E-state index is 12.9. The zero-order valence-electron chi connectivity index (χ0n) is 17.9. The zero-order valence-corrected chi connectivity index (χ0v) is 18.7. The maximum Gasteiger partial charge on any atom is 0.256 e. The summed E-state index contributed by atoms with van der Waals surface area (Å²) in [5.41, 5.74) is 4.40. The van der Waals surface area contributed by atoms with Crippen LogP contribution in [0.4, 0.5) is 5.00 Å². The number of likely N-dealkylation sites (tertiary alicyclic amines) is 1. The van der Waals surface area contributed by atoms with E-state index in [0.29, 0.717) is 5.56 Å². The Bertz CT molecular complexity index is 992. The molecule has 1 aliphatic heterocycles. The second kappa shape index (κ2) is 9.11. The SMILES string of the molecule is Cc1sc(NC(=O)c2ccccc2)c([C@H](c2ccncc2)N2CCC(C)CC2)c1C. The number of hydrogen-bond acceptors (Lipinski definition) is 4. The second-order valence-electron chi connectivity index (χ2n) is 8.25. The highest BCUT2D eigenvalue weighted by Gasteiger charge is 2.31. The molecule has 0 bridgehead atoms. The smallest absolute Gasteiger partial charge is 0.256 e. The number of hydrogen-bond donors (Lipinski definition) is 1. The first-order chi connectivity index (χ1) is 14.5. The van der Waals surface area contributed by atoms with Crippen LogP contribution >= 0.6 is 11.3 Å². The van der Waals surface area contributed by atoms with E-state index in [1.807, 2.05) is 42.7 Å². The van der Waals surface area contributed by atoms with E-state index in [0.717, 1.165) is 24.0 Å². The minimum Gasteiger partial charge on any atom is -0.313 e. The predicted molar refractivity (Wildman–Crippen MR) is 124 cm³/mol. The lowest BCUT2D eigenvalue weighted by Crippen LogP contribution is -2.37. The molecule has 5 heteroatoms. The Labute approximate surface area is 183 Å². The van der Waals surface area contributed by atoms with Gasteiger partial charge in [-0.25, -0.2) is 0 Å². The molecule has 2 aromatic heterocycles. The number of pyridine rings is 1. The Balaban J connectivity index is 1.74. The van der Waals surface area contributed by atoms with Crippen molar-refractivity contribution < 1.29 is 4.79 Å². The summed E-state index contributed by atoms with van der Waals surface area (Å²) in [5.74, 6) is 0.709. The molecule has 1 atom stereocenters. The number of amides is 1. The third-order valence-electron chi connectivity index (χ3n) is 6.17. The fraction of sp³-hybridized carbons (Fsp3) is 0.360. The molecule has 156 valence electrons. The maximum atomic E-state index is 12.9. The molecule has 1 amide bonds. The van der Waals surface area contributed by atoms with E-state index >= 15 is 0 Å². The number of piperidine rings is 1. The van der Waals surface area contributed by atoms with Crippen LogP contribution < -0.4 is 5.32 Å². The Morgan fingerprint density at radius 3 is 2.43 bits per heavy atom. The highest BCUT2D eigenvalue weighted by atomic mass is 32.1. The number of benzene rings is 1. The molecule has 0 unspecified atom stereocenters.